The number of aryl methyl sites for hydroxylation is 3. The number of carboxylic acid groups (broad SMARTS) is 2. The number of halogens is 12. The molecule has 6 rings (SSSR count). The summed E-state index contributed by atoms with van der Waals surface area (Å²) in [5.74, 6) is -7.60. The van der Waals surface area contributed by atoms with Crippen molar-refractivity contribution in [1.82, 2.24) is 54.0 Å². The number of aromatic carboxylic acids is 1. The summed E-state index contributed by atoms with van der Waals surface area (Å²) >= 11 is 11.9. The van der Waals surface area contributed by atoms with Gasteiger partial charge in [0.25, 0.3) is 20.0 Å². The van der Waals surface area contributed by atoms with E-state index in [0.717, 1.165) is 30.3 Å². The number of methoxy groups -OCH3 is 1. The molecule has 0 bridgehead atoms. The Hall–Kier alpha value is -8.72. The molecule has 0 aliphatic heterocycles. The van der Waals surface area contributed by atoms with E-state index in [2.05, 4.69) is 63.6 Å². The number of urea groups is 2. The Kier molecular flexibility index (Phi) is 34.0. The fraction of sp³-hybridized carbons (Fsp3) is 0.360. The van der Waals surface area contributed by atoms with E-state index in [9.17, 15) is 99.0 Å². The van der Waals surface area contributed by atoms with E-state index in [1.54, 1.807) is 17.0 Å². The molecule has 2 atom stereocenters. The standard InChI is InChI=1S/C15H14Cl2F3N3O3.C15H16F3N5O4S.C14H10F4N4O7S.C3H8NO5P.C3H9S/c1-3-26-13(24)10(17)4-8-5-12(11(18)6-9(8)16)23-15(25)22(14(19)20)7(2)21-23;1-9-19-12(22-14(20-9)27-2)21-13(24)23-28(25,26)11-6-4-3-5-10(11)7-8-15(16,17)18;15-11(16)28-8-5-9(29-12(17)18)20-13(19-8)21-14(25)22-30(26,27)7-4-2-1-3-6(7)10(23)24;5-3(6)1-4-2-10(7,8)9;1-4(2)3/h5-6,10,14H,3-4H2,1-2H3;3-6H,7-8H2,1-2H3,(H2,19,20,21,22,23,24);1-5,11-12H,(H,23,24)(H2,19,20,21,22,25);4H,1-2H2,(H,5,6)(H2,7,8,9);1-3H3/q;;;;+1/p-1. The zero-order valence-corrected chi connectivity index (χ0v) is 55.9. The van der Waals surface area contributed by atoms with Crippen LogP contribution in [0.15, 0.2) is 81.3 Å². The Morgan fingerprint density at radius 1 is 0.786 bits per heavy atom. The molecule has 3 heterocycles. The molecule has 3 aromatic carbocycles. The van der Waals surface area contributed by atoms with Gasteiger partial charge >= 0.3 is 67.6 Å². The minimum absolute atomic E-state index is 0.0424. The number of aromatic nitrogens is 8. The Morgan fingerprint density at radius 3 is 1.77 bits per heavy atom. The van der Waals surface area contributed by atoms with Crippen LogP contribution in [0.25, 0.3) is 5.69 Å². The third-order valence-corrected chi connectivity index (χ3v) is 14.4. The highest BCUT2D eigenvalue weighted by Crippen LogP contribution is 2.29. The van der Waals surface area contributed by atoms with Gasteiger partial charge in [0.15, 0.2) is 5.82 Å². The van der Waals surface area contributed by atoms with Crippen molar-refractivity contribution in [1.29, 1.82) is 0 Å². The van der Waals surface area contributed by atoms with Crippen LogP contribution in [0.4, 0.5) is 65.4 Å². The van der Waals surface area contributed by atoms with Crippen molar-refractivity contribution < 1.29 is 128 Å². The van der Waals surface area contributed by atoms with Crippen molar-refractivity contribution >= 4 is 104 Å². The number of benzene rings is 3. The summed E-state index contributed by atoms with van der Waals surface area (Å²) < 4.78 is 207. The number of rotatable bonds is 24. The number of esters is 1. The molecule has 0 spiro atoms. The molecule has 0 fully saturated rings. The second-order valence-electron chi connectivity index (χ2n) is 18.5. The number of nitrogens with one attached hydrogen (secondary N) is 5. The van der Waals surface area contributed by atoms with E-state index in [0.29, 0.717) is 21.6 Å². The lowest BCUT2D eigenvalue weighted by Crippen LogP contribution is -2.35. The second kappa shape index (κ2) is 39.0. The van der Waals surface area contributed by atoms with Gasteiger partial charge in [-0.05, 0) is 79.5 Å². The first kappa shape index (κ1) is 85.4. The number of alkyl halides is 10. The highest BCUT2D eigenvalue weighted by atomic mass is 35.5. The number of amides is 4. The molecule has 2 unspecified atom stereocenters. The Balaban J connectivity index is 0.000000455. The summed E-state index contributed by atoms with van der Waals surface area (Å²) in [6, 6.07) is 9.06. The lowest BCUT2D eigenvalue weighted by atomic mass is 10.1. The quantitative estimate of drug-likeness (QED) is 0.0113. The summed E-state index contributed by atoms with van der Waals surface area (Å²) in [6.07, 6.45) is -0.436. The number of carbonyl (C=O) groups excluding carboxylic acids is 3. The van der Waals surface area contributed by atoms with Gasteiger partial charge in [-0.25, -0.2) is 54.4 Å². The van der Waals surface area contributed by atoms with Crippen molar-refractivity contribution in [3.05, 3.63) is 116 Å². The number of carboxylic acids is 2. The number of hydrogen-bond acceptors (Lipinski definition) is 23. The van der Waals surface area contributed by atoms with Crippen LogP contribution in [-0.4, -0.2) is 171 Å². The number of ether oxygens (including phenoxy) is 4. The van der Waals surface area contributed by atoms with Crippen LogP contribution < -0.4 is 50.2 Å². The molecule has 0 aliphatic carbocycles. The van der Waals surface area contributed by atoms with Gasteiger partial charge in [-0.2, -0.15) is 69.1 Å². The van der Waals surface area contributed by atoms with Crippen molar-refractivity contribution in [2.45, 2.75) is 81.2 Å². The van der Waals surface area contributed by atoms with Crippen LogP contribution in [0.3, 0.4) is 0 Å². The van der Waals surface area contributed by atoms with Gasteiger partial charge in [-0.15, -0.1) is 16.7 Å². The van der Waals surface area contributed by atoms with Crippen LogP contribution in [0, 0.1) is 19.7 Å². The molecule has 8 N–H and O–H groups in total. The molecule has 542 valence electrons. The van der Waals surface area contributed by atoms with Crippen LogP contribution in [0.2, 0.25) is 5.02 Å². The van der Waals surface area contributed by atoms with E-state index >= 15 is 0 Å². The number of hydrogen-bond donors (Lipinski definition) is 8. The Labute approximate surface area is 560 Å². The SMILES string of the molecule is CCOC(=O)C(Cl)Cc1cc(-n2nc(C)n(C(F)F)c2=O)c(F)cc1Cl.COc1nc(C)nc(NC(=O)NS(=O)(=O)c2ccccc2CCC(F)(F)F)n1.C[S+](C)C.O=C(Nc1nc(OC(F)F)cc(OC(F)F)n1)NS(=O)(=O)c1ccccc1C(=O)O.O=C(O)CNCP(=O)([O-])O. The van der Waals surface area contributed by atoms with Crippen molar-refractivity contribution in [2.75, 3.05) is 55.9 Å². The number of nitrogens with zero attached hydrogens (tertiary/aromatic N) is 8. The molecular weight excluding hydrogens is 1470 g/mol. The summed E-state index contributed by atoms with van der Waals surface area (Å²) in [6.45, 7) is -5.99. The second-order valence-corrected chi connectivity index (χ2v) is 26.8. The largest absolute Gasteiger partial charge is 0.778 e. The van der Waals surface area contributed by atoms with Crippen LogP contribution in [0.5, 0.6) is 17.8 Å². The lowest BCUT2D eigenvalue weighted by molar-refractivity contribution is -0.193. The van der Waals surface area contributed by atoms with Gasteiger partial charge in [0.1, 0.15) is 35.2 Å². The van der Waals surface area contributed by atoms with Gasteiger partial charge in [0, 0.05) is 17.9 Å². The molecule has 0 radical (unpaired) electrons. The average Bonchev–Trinajstić information content (AvgIpc) is 1.56. The first-order valence-electron chi connectivity index (χ1n) is 26.2. The van der Waals surface area contributed by atoms with E-state index < -0.39 is 159 Å². The molecule has 6 aromatic rings. The fourth-order valence-electron chi connectivity index (χ4n) is 6.67. The summed E-state index contributed by atoms with van der Waals surface area (Å²) in [7, 11) is -11.6. The number of aliphatic carboxylic acids is 1. The van der Waals surface area contributed by atoms with Crippen LogP contribution in [-0.2, 0) is 62.7 Å². The van der Waals surface area contributed by atoms with Gasteiger partial charge in [-0.1, -0.05) is 41.9 Å². The number of carbonyl (C=O) groups is 5. The predicted octanol–water partition coefficient (Wildman–Crippen LogP) is 5.98. The van der Waals surface area contributed by atoms with Crippen molar-refractivity contribution in [3.8, 4) is 23.5 Å². The Morgan fingerprint density at radius 2 is 1.30 bits per heavy atom. The smallest absolute Gasteiger partial charge is 0.389 e. The van der Waals surface area contributed by atoms with Crippen LogP contribution in [0.1, 0.15) is 53.0 Å². The molecule has 48 heteroatoms. The molecule has 0 saturated carbocycles. The van der Waals surface area contributed by atoms with E-state index in [4.69, 9.17) is 47.8 Å². The maximum atomic E-state index is 14.2. The predicted molar refractivity (Wildman–Crippen MR) is 324 cm³/mol. The minimum Gasteiger partial charge on any atom is -0.778 e. The summed E-state index contributed by atoms with van der Waals surface area (Å²) in [5, 5.41) is 25.3. The first-order valence-corrected chi connectivity index (χ1v) is 34.2. The zero-order chi connectivity index (χ0) is 74.8. The number of sulfonamides is 2. The van der Waals surface area contributed by atoms with Gasteiger partial charge in [0.2, 0.25) is 23.7 Å². The maximum absolute atomic E-state index is 14.2. The van der Waals surface area contributed by atoms with E-state index in [-0.39, 0.29) is 63.0 Å². The van der Waals surface area contributed by atoms with E-state index in [1.807, 2.05) is 5.32 Å². The first-order chi connectivity index (χ1) is 45.3. The molecule has 98 heavy (non-hydrogen) atoms. The van der Waals surface area contributed by atoms with Crippen molar-refractivity contribution in [3.63, 3.8) is 0 Å². The van der Waals surface area contributed by atoms with Crippen molar-refractivity contribution in [2.24, 2.45) is 0 Å². The fourth-order valence-corrected chi connectivity index (χ4v) is 9.81. The molecule has 0 aliphatic rings. The normalized spacial score (nSPS) is 12.1. The van der Waals surface area contributed by atoms with E-state index in [1.165, 1.54) is 56.0 Å². The average molecular weight is 1530 g/mol. The summed E-state index contributed by atoms with van der Waals surface area (Å²) in [5.41, 5.74) is -2.08. The molecular formula is C50H56Cl2F10N13O19PS3. The van der Waals surface area contributed by atoms with Crippen LogP contribution >= 0.6 is 30.8 Å². The van der Waals surface area contributed by atoms with Gasteiger partial charge < -0.3 is 43.5 Å². The Bertz CT molecular complexity index is 4050. The molecule has 32 nitrogen and oxygen atoms in total. The monoisotopic (exact) mass is 1530 g/mol. The highest BCUT2D eigenvalue weighted by Gasteiger charge is 2.30. The molecule has 4 amide bonds. The van der Waals surface area contributed by atoms with Gasteiger partial charge in [0.05, 0.1) is 61.8 Å². The number of anilines is 2. The topological polar surface area (TPSA) is 456 Å². The van der Waals surface area contributed by atoms with Gasteiger partial charge in [-0.3, -0.25) is 25.5 Å². The zero-order valence-electron chi connectivity index (χ0n) is 51.1. The maximum Gasteiger partial charge on any atom is 0.389 e. The summed E-state index contributed by atoms with van der Waals surface area (Å²) in [4.78, 5) is 103. The molecule has 3 aromatic heterocycles. The third-order valence-electron chi connectivity index (χ3n) is 10.3. The lowest BCUT2D eigenvalue weighted by Gasteiger charge is -2.14. The molecule has 0 saturated heterocycles. The highest BCUT2D eigenvalue weighted by molar-refractivity contribution is 7.94. The third kappa shape index (κ3) is 30.8. The minimum atomic E-state index is -4.71.